The van der Waals surface area contributed by atoms with Crippen molar-refractivity contribution in [1.82, 2.24) is 9.80 Å². The first-order valence-electron chi connectivity index (χ1n) is 10.7. The van der Waals surface area contributed by atoms with E-state index in [0.717, 1.165) is 12.0 Å². The molecule has 172 valence electrons. The highest BCUT2D eigenvalue weighted by molar-refractivity contribution is 7.10. The van der Waals surface area contributed by atoms with E-state index >= 15 is 0 Å². The van der Waals surface area contributed by atoms with Gasteiger partial charge in [0.1, 0.15) is 30.5 Å². The van der Waals surface area contributed by atoms with Gasteiger partial charge in [0.2, 0.25) is 5.91 Å². The Morgan fingerprint density at radius 1 is 1.12 bits per heavy atom. The number of amides is 2. The summed E-state index contributed by atoms with van der Waals surface area (Å²) in [6, 6.07) is 13.0. The maximum absolute atomic E-state index is 13.6. The van der Waals surface area contributed by atoms with Crippen molar-refractivity contribution in [2.24, 2.45) is 0 Å². The lowest BCUT2D eigenvalue weighted by Gasteiger charge is -2.37. The number of fused-ring (bicyclic) bond motifs is 1. The van der Waals surface area contributed by atoms with Crippen molar-refractivity contribution >= 4 is 23.2 Å². The van der Waals surface area contributed by atoms with Crippen LogP contribution in [0.3, 0.4) is 0 Å². The average Bonchev–Trinajstić information content (AvgIpc) is 3.29. The van der Waals surface area contributed by atoms with Crippen LogP contribution in [0, 0.1) is 11.6 Å². The SMILES string of the molecule is CCN(CC(=O)N1CCc2sccc2[C@@H]1COc1cccc(F)c1)C(=O)c1cccc(F)c1. The molecule has 2 amide bonds. The summed E-state index contributed by atoms with van der Waals surface area (Å²) < 4.78 is 33.0. The number of thiophene rings is 1. The minimum Gasteiger partial charge on any atom is -0.491 e. The molecule has 0 saturated carbocycles. The predicted octanol–water partition coefficient (Wildman–Crippen LogP) is 4.69. The Balaban J connectivity index is 1.51. The molecular formula is C25H24F2N2O3S. The van der Waals surface area contributed by atoms with Gasteiger partial charge in [-0.1, -0.05) is 12.1 Å². The highest BCUT2D eigenvalue weighted by Crippen LogP contribution is 2.34. The first-order chi connectivity index (χ1) is 16.0. The lowest BCUT2D eigenvalue weighted by atomic mass is 10.0. The van der Waals surface area contributed by atoms with Crippen LogP contribution in [0.2, 0.25) is 0 Å². The Hall–Kier alpha value is -3.26. The summed E-state index contributed by atoms with van der Waals surface area (Å²) >= 11 is 1.64. The molecule has 0 spiro atoms. The monoisotopic (exact) mass is 470 g/mol. The van der Waals surface area contributed by atoms with Crippen molar-refractivity contribution in [3.8, 4) is 5.75 Å². The number of carbonyl (C=O) groups excluding carboxylic acids is 2. The minimum atomic E-state index is -0.501. The highest BCUT2D eigenvalue weighted by Gasteiger charge is 2.33. The summed E-state index contributed by atoms with van der Waals surface area (Å²) in [6.45, 7) is 2.63. The summed E-state index contributed by atoms with van der Waals surface area (Å²) in [5.41, 5.74) is 1.21. The molecule has 8 heteroatoms. The molecule has 0 unspecified atom stereocenters. The summed E-state index contributed by atoms with van der Waals surface area (Å²) in [5, 5.41) is 1.99. The van der Waals surface area contributed by atoms with Crippen molar-refractivity contribution in [1.29, 1.82) is 0 Å². The van der Waals surface area contributed by atoms with Crippen LogP contribution < -0.4 is 4.74 Å². The van der Waals surface area contributed by atoms with Crippen molar-refractivity contribution in [2.75, 3.05) is 26.2 Å². The highest BCUT2D eigenvalue weighted by atomic mass is 32.1. The van der Waals surface area contributed by atoms with Gasteiger partial charge in [-0.05, 0) is 60.7 Å². The normalized spacial score (nSPS) is 15.1. The van der Waals surface area contributed by atoms with E-state index in [-0.39, 0.29) is 30.7 Å². The second-order valence-electron chi connectivity index (χ2n) is 7.75. The van der Waals surface area contributed by atoms with Crippen LogP contribution in [0.25, 0.3) is 0 Å². The Labute approximate surface area is 195 Å². The number of hydrogen-bond donors (Lipinski definition) is 0. The largest absolute Gasteiger partial charge is 0.491 e. The molecule has 0 aliphatic carbocycles. The third-order valence-electron chi connectivity index (χ3n) is 5.69. The number of rotatable bonds is 7. The zero-order valence-corrected chi connectivity index (χ0v) is 19.0. The molecule has 33 heavy (non-hydrogen) atoms. The van der Waals surface area contributed by atoms with Crippen LogP contribution >= 0.6 is 11.3 Å². The van der Waals surface area contributed by atoms with Gasteiger partial charge in [-0.25, -0.2) is 8.78 Å². The van der Waals surface area contributed by atoms with Gasteiger partial charge in [0.15, 0.2) is 0 Å². The number of nitrogens with zero attached hydrogens (tertiary/aromatic N) is 2. The van der Waals surface area contributed by atoms with Crippen LogP contribution in [0.1, 0.15) is 33.8 Å². The molecule has 1 atom stereocenters. The van der Waals surface area contributed by atoms with Crippen LogP contribution in [0.4, 0.5) is 8.78 Å². The fourth-order valence-corrected chi connectivity index (χ4v) is 4.92. The Kier molecular flexibility index (Phi) is 7.03. The van der Waals surface area contributed by atoms with Crippen molar-refractivity contribution in [3.05, 3.63) is 87.6 Å². The quantitative estimate of drug-likeness (QED) is 0.503. The first kappa shape index (κ1) is 22.9. The fraction of sp³-hybridized carbons (Fsp3) is 0.280. The molecular weight excluding hydrogens is 446 g/mol. The molecule has 2 aromatic carbocycles. The van der Waals surface area contributed by atoms with Gasteiger partial charge in [-0.3, -0.25) is 9.59 Å². The zero-order valence-electron chi connectivity index (χ0n) is 18.2. The smallest absolute Gasteiger partial charge is 0.254 e. The molecule has 0 radical (unpaired) electrons. The fourth-order valence-electron chi connectivity index (χ4n) is 3.99. The molecule has 1 aromatic heterocycles. The van der Waals surface area contributed by atoms with E-state index in [0.29, 0.717) is 18.8 Å². The maximum atomic E-state index is 13.6. The van der Waals surface area contributed by atoms with Crippen LogP contribution in [-0.2, 0) is 11.2 Å². The zero-order chi connectivity index (χ0) is 23.4. The molecule has 0 N–H and O–H groups in total. The number of ether oxygens (including phenoxy) is 1. The van der Waals surface area contributed by atoms with E-state index in [2.05, 4.69) is 0 Å². The van der Waals surface area contributed by atoms with E-state index < -0.39 is 17.5 Å². The lowest BCUT2D eigenvalue weighted by Crippen LogP contribution is -2.47. The standard InChI is InChI=1S/C25H24F2N2O3S/c1-2-28(25(31)17-5-3-6-18(26)13-17)15-24(30)29-11-9-23-21(10-12-33-23)22(29)16-32-20-8-4-7-19(27)14-20/h3-8,10,12-14,22H,2,9,11,15-16H2,1H3/t22-/m0/s1. The van der Waals surface area contributed by atoms with Gasteiger partial charge >= 0.3 is 0 Å². The molecule has 0 saturated heterocycles. The van der Waals surface area contributed by atoms with Gasteiger partial charge in [-0.2, -0.15) is 0 Å². The van der Waals surface area contributed by atoms with E-state index in [4.69, 9.17) is 4.74 Å². The van der Waals surface area contributed by atoms with Crippen molar-refractivity contribution in [3.63, 3.8) is 0 Å². The molecule has 4 rings (SSSR count). The Morgan fingerprint density at radius 3 is 2.61 bits per heavy atom. The van der Waals surface area contributed by atoms with E-state index in [1.165, 1.54) is 46.2 Å². The van der Waals surface area contributed by atoms with Gasteiger partial charge < -0.3 is 14.5 Å². The molecule has 1 aliphatic heterocycles. The van der Waals surface area contributed by atoms with Crippen LogP contribution in [0.5, 0.6) is 5.75 Å². The summed E-state index contributed by atoms with van der Waals surface area (Å²) in [7, 11) is 0. The van der Waals surface area contributed by atoms with Gasteiger partial charge in [0.05, 0.1) is 6.04 Å². The van der Waals surface area contributed by atoms with Gasteiger partial charge in [0.25, 0.3) is 5.91 Å². The maximum Gasteiger partial charge on any atom is 0.254 e. The molecule has 0 bridgehead atoms. The summed E-state index contributed by atoms with van der Waals surface area (Å²) in [6.07, 6.45) is 0.721. The van der Waals surface area contributed by atoms with Gasteiger partial charge in [0, 0.05) is 29.6 Å². The van der Waals surface area contributed by atoms with E-state index in [1.54, 1.807) is 35.3 Å². The average molecular weight is 471 g/mol. The molecule has 0 fully saturated rings. The Morgan fingerprint density at radius 2 is 1.88 bits per heavy atom. The second-order valence-corrected chi connectivity index (χ2v) is 8.75. The third kappa shape index (κ3) is 5.22. The predicted molar refractivity (Wildman–Crippen MR) is 122 cm³/mol. The summed E-state index contributed by atoms with van der Waals surface area (Å²) in [4.78, 5) is 30.5. The molecule has 2 heterocycles. The van der Waals surface area contributed by atoms with E-state index in [1.807, 2.05) is 11.4 Å². The molecule has 5 nitrogen and oxygen atoms in total. The molecule has 3 aromatic rings. The number of likely N-dealkylation sites (N-methyl/N-ethyl adjacent to an activating group) is 1. The lowest BCUT2D eigenvalue weighted by molar-refractivity contribution is -0.135. The van der Waals surface area contributed by atoms with Crippen LogP contribution in [-0.4, -0.2) is 47.9 Å². The number of hydrogen-bond acceptors (Lipinski definition) is 4. The minimum absolute atomic E-state index is 0.123. The molecule has 1 aliphatic rings. The number of benzene rings is 2. The topological polar surface area (TPSA) is 49.9 Å². The van der Waals surface area contributed by atoms with Crippen molar-refractivity contribution < 1.29 is 23.1 Å². The number of carbonyl (C=O) groups is 2. The van der Waals surface area contributed by atoms with Gasteiger partial charge in [-0.15, -0.1) is 11.3 Å². The second kappa shape index (κ2) is 10.1. The van der Waals surface area contributed by atoms with Crippen LogP contribution in [0.15, 0.2) is 60.0 Å². The Bertz CT molecular complexity index is 1150. The first-order valence-corrected chi connectivity index (χ1v) is 11.6. The summed E-state index contributed by atoms with van der Waals surface area (Å²) in [5.74, 6) is -1.12. The van der Waals surface area contributed by atoms with E-state index in [9.17, 15) is 18.4 Å². The van der Waals surface area contributed by atoms with Crippen molar-refractivity contribution in [2.45, 2.75) is 19.4 Å². The third-order valence-corrected chi connectivity index (χ3v) is 6.68. The number of halogens is 2.